The summed E-state index contributed by atoms with van der Waals surface area (Å²) in [5, 5.41) is 39.8. The number of aliphatic hydroxyl groups is 3. The highest BCUT2D eigenvalue weighted by Gasteiger charge is 2.63. The molecule has 22 rings (SSSR count). The van der Waals surface area contributed by atoms with Crippen molar-refractivity contribution in [1.82, 2.24) is 58.1 Å². The van der Waals surface area contributed by atoms with E-state index in [9.17, 15) is 15.3 Å². The Morgan fingerprint density at radius 3 is 1.15 bits per heavy atom. The van der Waals surface area contributed by atoms with E-state index in [4.69, 9.17) is 155 Å². The molecule has 0 saturated carbocycles. The number of benzene rings is 4. The van der Waals surface area contributed by atoms with Crippen LogP contribution in [0.5, 0.6) is 0 Å². The van der Waals surface area contributed by atoms with Crippen LogP contribution in [0.15, 0.2) is 147 Å². The van der Waals surface area contributed by atoms with Crippen LogP contribution in [0.25, 0.3) is 44.1 Å². The van der Waals surface area contributed by atoms with Crippen molar-refractivity contribution in [3.8, 4) is 0 Å². The van der Waals surface area contributed by atoms with Crippen molar-refractivity contribution in [1.29, 1.82) is 0 Å². The quantitative estimate of drug-likeness (QED) is 0.0597. The number of halogens is 6. The van der Waals surface area contributed by atoms with Gasteiger partial charge in [-0.05, 0) is 173 Å². The summed E-state index contributed by atoms with van der Waals surface area (Å²) < 4.78 is 117. The lowest BCUT2D eigenvalue weighted by Crippen LogP contribution is -2.40. The second kappa shape index (κ2) is 37.1. The molecule has 10 aliphatic heterocycles. The van der Waals surface area contributed by atoms with Crippen molar-refractivity contribution in [3.05, 3.63) is 233 Å². The van der Waals surface area contributed by atoms with Crippen molar-refractivity contribution >= 4 is 114 Å². The highest BCUT2D eigenvalue weighted by atomic mass is 35.5. The van der Waals surface area contributed by atoms with Crippen molar-refractivity contribution < 1.29 is 101 Å². The summed E-state index contributed by atoms with van der Waals surface area (Å²) in [6, 6.07) is 30.1. The maximum absolute atomic E-state index is 11.6. The molecule has 4 unspecified atom stereocenters. The number of nitrogens with zero attached hydrogens (tertiary/aromatic N) is 12. The Kier molecular flexibility index (Phi) is 26.1. The Hall–Kier alpha value is -7.74. The van der Waals surface area contributed by atoms with Gasteiger partial charge >= 0.3 is 0 Å². The maximum Gasteiger partial charge on any atom is 0.164 e. The lowest BCUT2D eigenvalue weighted by Gasteiger charge is -2.36. The molecule has 8 aromatic heterocycles. The first-order valence-corrected chi connectivity index (χ1v) is 45.1. The normalized spacial score (nSPS) is 30.7. The van der Waals surface area contributed by atoms with Gasteiger partial charge in [0.15, 0.2) is 67.4 Å². The molecule has 33 nitrogen and oxygen atoms in total. The van der Waals surface area contributed by atoms with Crippen molar-refractivity contribution in [3.63, 3.8) is 0 Å². The minimum Gasteiger partial charge on any atom is -0.387 e. The Morgan fingerprint density at radius 1 is 0.382 bits per heavy atom. The van der Waals surface area contributed by atoms with Crippen molar-refractivity contribution in [2.24, 2.45) is 0 Å². The second-order valence-corrected chi connectivity index (χ2v) is 37.4. The van der Waals surface area contributed by atoms with Gasteiger partial charge in [0.05, 0.1) is 22.2 Å². The number of rotatable bonds is 16. The van der Waals surface area contributed by atoms with Crippen LogP contribution in [0, 0.1) is 13.8 Å². The van der Waals surface area contributed by atoms with Crippen LogP contribution >= 0.6 is 69.6 Å². The van der Waals surface area contributed by atoms with E-state index in [2.05, 4.69) is 39.9 Å². The van der Waals surface area contributed by atoms with E-state index in [1.807, 2.05) is 160 Å². The lowest BCUT2D eigenvalue weighted by atomic mass is 9.91. The highest BCUT2D eigenvalue weighted by Crippen LogP contribution is 2.55. The standard InChI is InChI=1S/C24H27Cl2N3O6.C24H26ClN3O5.C23H23Cl2N3O5.C21H22ClN3O5/c1-24(2)34-19-18(17(30)14-6-5-13(25)9-12(14)10-16(31-3)32-4)33-23(20(19)35-24)29-8-7-15-21(26)27-11-28-22(15)29;1-12-15-7-8-28(22(15)27-11-26-12)23-21-20(32-24(2,3)33-21)19(31-23)18-16-6-5-14(25)9-13(16)10-17(29-4)30-18;1-23(2)32-18-17(16-13-5-4-12(24)8-11(13)9-15(29-3)30-16)31-22(19(18)33-23)28-7-6-14-20(25)26-10-27-21(14)28;1-10-13-5-6-25(20(13)24-9-23-10)21-17(27)16(26)19(30-21)18-14-4-3-12(22)7-11(14)8-15(28-2)29-18/h5-9,11,16-20,23,30H,10H2,1-4H3;5-9,11,17-21,23H,10H2,1-4H3;4-8,10,15-19,22H,9H2,1-3H3;3-7,9,15-19,21,26-27H,8H2,1-2H3/t17?,18-,19-,20-,23-;17?,18-,19-,20-,21-,23-;15?,16-,17-,18-,19-,22-;15?,16-,17+,18+,19-,21+/m1110/s1. The van der Waals surface area contributed by atoms with Crippen LogP contribution in [-0.4, -0.2) is 225 Å². The molecule has 3 N–H and O–H groups in total. The molecule has 0 radical (unpaired) electrons. The molecule has 18 heterocycles. The molecule has 23 atom stereocenters. The van der Waals surface area contributed by atoms with Crippen LogP contribution in [0.2, 0.25) is 30.4 Å². The minimum atomic E-state index is -1.17. The van der Waals surface area contributed by atoms with Crippen molar-refractivity contribution in [2.75, 3.05) is 35.5 Å². The summed E-state index contributed by atoms with van der Waals surface area (Å²) in [4.78, 5) is 34.3. The van der Waals surface area contributed by atoms with E-state index in [0.29, 0.717) is 84.0 Å². The zero-order chi connectivity index (χ0) is 91.7. The molecule has 12 aromatic rings. The van der Waals surface area contributed by atoms with Gasteiger partial charge in [-0.15, -0.1) is 0 Å². The van der Waals surface area contributed by atoms with Crippen LogP contribution < -0.4 is 0 Å². The van der Waals surface area contributed by atoms with Gasteiger partial charge in [-0.1, -0.05) is 93.9 Å². The molecule has 4 aromatic carbocycles. The number of methoxy groups -OCH3 is 5. The van der Waals surface area contributed by atoms with Crippen LogP contribution in [0.4, 0.5) is 0 Å². The molecular weight excluding hydrogens is 1820 g/mol. The fourth-order valence-electron chi connectivity index (χ4n) is 19.6. The summed E-state index contributed by atoms with van der Waals surface area (Å²) in [6.07, 6.45) is 1.66. The predicted molar refractivity (Wildman–Crippen MR) is 476 cm³/mol. The summed E-state index contributed by atoms with van der Waals surface area (Å²) in [6.45, 7) is 15.2. The molecule has 0 amide bonds. The van der Waals surface area contributed by atoms with E-state index >= 15 is 0 Å². The molecule has 7 saturated heterocycles. The van der Waals surface area contributed by atoms with Crippen LogP contribution in [0.1, 0.15) is 147 Å². The van der Waals surface area contributed by atoms with Gasteiger partial charge < -0.3 is 119 Å². The molecular formula is C92H98Cl6N12O21. The molecule has 10 aliphatic rings. The maximum atomic E-state index is 11.6. The number of aromatic nitrogens is 12. The smallest absolute Gasteiger partial charge is 0.164 e. The Bertz CT molecular complexity index is 6020. The zero-order valence-electron chi connectivity index (χ0n) is 73.4. The van der Waals surface area contributed by atoms with Gasteiger partial charge in [0, 0.05) is 117 Å². The summed E-state index contributed by atoms with van der Waals surface area (Å²) >= 11 is 37.5. The van der Waals surface area contributed by atoms with Gasteiger partial charge in [0.25, 0.3) is 0 Å². The average molecular weight is 1920 g/mol. The molecule has 7 fully saturated rings. The van der Waals surface area contributed by atoms with E-state index in [1.54, 1.807) is 76.9 Å². The third kappa shape index (κ3) is 17.7. The third-order valence-corrected chi connectivity index (χ3v) is 27.1. The topological polar surface area (TPSA) is 350 Å². The van der Waals surface area contributed by atoms with Crippen LogP contribution in [0.3, 0.4) is 0 Å². The molecule has 0 spiro atoms. The number of hydrogen-bond acceptors (Lipinski definition) is 29. The average Bonchev–Trinajstić information content (AvgIpc) is 1.58. The van der Waals surface area contributed by atoms with Crippen LogP contribution in [-0.2, 0) is 111 Å². The highest BCUT2D eigenvalue weighted by molar-refractivity contribution is 6.34. The van der Waals surface area contributed by atoms with Crippen molar-refractivity contribution in [2.45, 2.75) is 246 Å². The van der Waals surface area contributed by atoms with Gasteiger partial charge in [-0.3, -0.25) is 0 Å². The largest absolute Gasteiger partial charge is 0.387 e. The molecule has 694 valence electrons. The Labute approximate surface area is 782 Å². The number of fused-ring (bicyclic) bond motifs is 10. The fourth-order valence-corrected chi connectivity index (χ4v) is 20.8. The number of aliphatic hydroxyl groups excluding tert-OH is 3. The molecule has 131 heavy (non-hydrogen) atoms. The monoisotopic (exact) mass is 1920 g/mol. The van der Waals surface area contributed by atoms with Gasteiger partial charge in [-0.2, -0.15) is 0 Å². The molecule has 0 bridgehead atoms. The van der Waals surface area contributed by atoms with Gasteiger partial charge in [-0.25, -0.2) is 39.9 Å². The van der Waals surface area contributed by atoms with E-state index in [1.165, 1.54) is 19.0 Å². The van der Waals surface area contributed by atoms with E-state index < -0.39 is 141 Å². The summed E-state index contributed by atoms with van der Waals surface area (Å²) in [5.41, 5.74) is 11.9. The summed E-state index contributed by atoms with van der Waals surface area (Å²) in [7, 11) is 7.96. The second-order valence-electron chi connectivity index (χ2n) is 34.9. The predicted octanol–water partition coefficient (Wildman–Crippen LogP) is 14.9. The molecule has 39 heteroatoms. The van der Waals surface area contributed by atoms with E-state index in [0.717, 1.165) is 72.1 Å². The Balaban J connectivity index is 0.000000113. The first-order chi connectivity index (χ1) is 62.9. The summed E-state index contributed by atoms with van der Waals surface area (Å²) in [5.74, 6) is -2.38. The first-order valence-electron chi connectivity index (χ1n) is 42.9. The minimum absolute atomic E-state index is 0.335. The molecule has 0 aliphatic carbocycles. The lowest BCUT2D eigenvalue weighted by molar-refractivity contribution is -0.237. The number of ether oxygens (including phenoxy) is 18. The fraction of sp³-hybridized carbons (Fsp3) is 0.478. The van der Waals surface area contributed by atoms with E-state index in [-0.39, 0.29) is 24.4 Å². The zero-order valence-corrected chi connectivity index (χ0v) is 77.9. The number of hydrogen-bond donors (Lipinski definition) is 3. The Morgan fingerprint density at radius 2 is 0.725 bits per heavy atom. The van der Waals surface area contributed by atoms with Gasteiger partial charge in [0.1, 0.15) is 156 Å². The third-order valence-electron chi connectivity index (χ3n) is 25.5. The first kappa shape index (κ1) is 92.3. The number of aryl methyl sites for hydroxylation is 2. The SMILES string of the molecule is COC(Cc1cc(Cl)ccc1C(O)[C@H]1O[C@@H](n2ccc3c(Cl)ncnc32)[C@@H]2OC(C)(C)O[C@@H]21)OC.COC1Cc2cc(Cl)ccc2[C@H]([C@H]2O[C@@H](n3ccc4c(C)ncnc43)[C@@H]3OC(C)(C)O[C@@H]32)O1.COC1Cc2cc(Cl)ccc2[C@H]([C@H]2O[C@@H](n3ccc4c(C)ncnc43)[C@H](O)[C@@H]2O)O1.COC1Cc2cc(Cl)ccc2[C@H]([C@H]2O[C@@H](n3ccc4c(Cl)ncnc43)[C@@H]3OC(C)(C)O[C@@H]32)O1. The van der Waals surface area contributed by atoms with Gasteiger partial charge in [0.2, 0.25) is 0 Å².